The number of amides is 1. The number of nitrogens with one attached hydrogen (secondary N) is 1. The van der Waals surface area contributed by atoms with Crippen LogP contribution in [0.3, 0.4) is 0 Å². The number of ether oxygens (including phenoxy) is 1. The fraction of sp³-hybridized carbons (Fsp3) is 0.600. The van der Waals surface area contributed by atoms with Crippen molar-refractivity contribution in [3.63, 3.8) is 0 Å². The van der Waals surface area contributed by atoms with Crippen molar-refractivity contribution in [2.75, 3.05) is 0 Å². The van der Waals surface area contributed by atoms with Crippen LogP contribution in [0.2, 0.25) is 0 Å². The van der Waals surface area contributed by atoms with Crippen molar-refractivity contribution in [3.05, 3.63) is 12.2 Å². The molecule has 0 aromatic heterocycles. The number of carbonyl (C=O) groups excluding carboxylic acids is 1. The fourth-order valence-electron chi connectivity index (χ4n) is 0.768. The van der Waals surface area contributed by atoms with E-state index in [0.29, 0.717) is 0 Å². The summed E-state index contributed by atoms with van der Waals surface area (Å²) in [7, 11) is 0. The second-order valence-electron chi connectivity index (χ2n) is 4.13. The van der Waals surface area contributed by atoms with E-state index in [1.807, 2.05) is 0 Å². The van der Waals surface area contributed by atoms with Gasteiger partial charge in [0.2, 0.25) is 0 Å². The van der Waals surface area contributed by atoms with Gasteiger partial charge >= 0.3 is 12.1 Å². The molecule has 15 heavy (non-hydrogen) atoms. The highest BCUT2D eigenvalue weighted by atomic mass is 16.6. The Morgan fingerprint density at radius 3 is 2.33 bits per heavy atom. The maximum Gasteiger partial charge on any atom is 0.408 e. The average Bonchev–Trinajstić information content (AvgIpc) is 1.96. The molecule has 0 aliphatic heterocycles. The van der Waals surface area contributed by atoms with Crippen molar-refractivity contribution in [1.29, 1.82) is 0 Å². The van der Waals surface area contributed by atoms with E-state index in [-0.39, 0.29) is 6.04 Å². The molecule has 86 valence electrons. The van der Waals surface area contributed by atoms with E-state index >= 15 is 0 Å². The van der Waals surface area contributed by atoms with Crippen molar-refractivity contribution < 1.29 is 19.4 Å². The molecule has 1 amide bonds. The number of alkyl carbamates (subject to hydrolysis) is 1. The molecule has 0 unspecified atom stereocenters. The summed E-state index contributed by atoms with van der Waals surface area (Å²) in [5, 5.41) is 10.8. The lowest BCUT2D eigenvalue weighted by Gasteiger charge is -2.20. The molecule has 0 heterocycles. The van der Waals surface area contributed by atoms with E-state index in [1.54, 1.807) is 27.7 Å². The van der Waals surface area contributed by atoms with Gasteiger partial charge in [0.05, 0.1) is 0 Å². The van der Waals surface area contributed by atoms with Crippen molar-refractivity contribution in [1.82, 2.24) is 5.32 Å². The van der Waals surface area contributed by atoms with Gasteiger partial charge in [-0.3, -0.25) is 0 Å². The molecule has 0 saturated carbocycles. The first-order chi connectivity index (χ1) is 6.70. The van der Waals surface area contributed by atoms with Crippen LogP contribution in [0.15, 0.2) is 12.2 Å². The summed E-state index contributed by atoms with van der Waals surface area (Å²) < 4.78 is 4.98. The molecule has 0 spiro atoms. The van der Waals surface area contributed by atoms with Crippen LogP contribution in [0.1, 0.15) is 27.7 Å². The predicted molar refractivity (Wildman–Crippen MR) is 55.6 cm³/mol. The molecule has 0 aliphatic carbocycles. The van der Waals surface area contributed by atoms with Crippen LogP contribution in [0.25, 0.3) is 0 Å². The average molecular weight is 215 g/mol. The topological polar surface area (TPSA) is 75.6 Å². The molecule has 0 saturated heterocycles. The Bertz CT molecular complexity index is 265. The maximum atomic E-state index is 11.2. The summed E-state index contributed by atoms with van der Waals surface area (Å²) in [5.41, 5.74) is -0.555. The molecule has 5 heteroatoms. The monoisotopic (exact) mass is 215 g/mol. The Balaban J connectivity index is 4.02. The third kappa shape index (κ3) is 8.80. The Labute approximate surface area is 89.1 Å². The van der Waals surface area contributed by atoms with Gasteiger partial charge in [-0.15, -0.1) is 0 Å². The minimum absolute atomic E-state index is 0.379. The van der Waals surface area contributed by atoms with Gasteiger partial charge in [-0.05, 0) is 27.7 Å². The minimum atomic E-state index is -1.05. The molecule has 0 radical (unpaired) electrons. The van der Waals surface area contributed by atoms with Gasteiger partial charge in [0.15, 0.2) is 0 Å². The first kappa shape index (κ1) is 13.5. The summed E-state index contributed by atoms with van der Waals surface area (Å²) >= 11 is 0. The van der Waals surface area contributed by atoms with Crippen LogP contribution >= 0.6 is 0 Å². The Kier molecular flexibility index (Phi) is 4.84. The van der Waals surface area contributed by atoms with Gasteiger partial charge in [-0.25, -0.2) is 9.59 Å². The minimum Gasteiger partial charge on any atom is -0.478 e. The van der Waals surface area contributed by atoms with Crippen molar-refractivity contribution in [2.24, 2.45) is 0 Å². The summed E-state index contributed by atoms with van der Waals surface area (Å²) in [5.74, 6) is -1.05. The van der Waals surface area contributed by atoms with Gasteiger partial charge in [-0.2, -0.15) is 0 Å². The van der Waals surface area contributed by atoms with E-state index < -0.39 is 17.7 Å². The number of hydrogen-bond acceptors (Lipinski definition) is 3. The van der Waals surface area contributed by atoms with Crippen molar-refractivity contribution in [2.45, 2.75) is 39.3 Å². The lowest BCUT2D eigenvalue weighted by Crippen LogP contribution is -2.36. The summed E-state index contributed by atoms with van der Waals surface area (Å²) in [6.07, 6.45) is 1.78. The van der Waals surface area contributed by atoms with Crippen LogP contribution in [0, 0.1) is 0 Å². The predicted octanol–water partition coefficient (Wildman–Crippen LogP) is 1.54. The van der Waals surface area contributed by atoms with Crippen LogP contribution < -0.4 is 5.32 Å². The number of rotatable bonds is 3. The SMILES string of the molecule is C[C@@H](/C=C/C(=O)O)NC(=O)OC(C)(C)C. The van der Waals surface area contributed by atoms with Gasteiger partial charge in [-0.1, -0.05) is 6.08 Å². The van der Waals surface area contributed by atoms with Crippen LogP contribution in [0.5, 0.6) is 0 Å². The van der Waals surface area contributed by atoms with Gasteiger partial charge in [0, 0.05) is 12.1 Å². The number of hydrogen-bond donors (Lipinski definition) is 2. The van der Waals surface area contributed by atoms with E-state index in [1.165, 1.54) is 6.08 Å². The normalized spacial score (nSPS) is 13.6. The lowest BCUT2D eigenvalue weighted by molar-refractivity contribution is -0.131. The maximum absolute atomic E-state index is 11.2. The van der Waals surface area contributed by atoms with Crippen molar-refractivity contribution >= 4 is 12.1 Å². The molecular formula is C10H17NO4. The van der Waals surface area contributed by atoms with Gasteiger partial charge in [0.25, 0.3) is 0 Å². The first-order valence-electron chi connectivity index (χ1n) is 4.61. The highest BCUT2D eigenvalue weighted by Gasteiger charge is 2.16. The first-order valence-corrected chi connectivity index (χ1v) is 4.61. The molecule has 1 atom stereocenters. The van der Waals surface area contributed by atoms with Crippen LogP contribution in [-0.2, 0) is 9.53 Å². The molecule has 2 N–H and O–H groups in total. The third-order valence-corrected chi connectivity index (χ3v) is 1.27. The molecule has 5 nitrogen and oxygen atoms in total. The van der Waals surface area contributed by atoms with E-state index in [2.05, 4.69) is 5.32 Å². The largest absolute Gasteiger partial charge is 0.478 e. The van der Waals surface area contributed by atoms with E-state index in [0.717, 1.165) is 6.08 Å². The lowest BCUT2D eigenvalue weighted by atomic mass is 10.2. The van der Waals surface area contributed by atoms with Crippen LogP contribution in [-0.4, -0.2) is 28.8 Å². The standard InChI is InChI=1S/C10H17NO4/c1-7(5-6-8(12)13)11-9(14)15-10(2,3)4/h5-7H,1-4H3,(H,11,14)(H,12,13)/b6-5+/t7-/m0/s1. The number of aliphatic carboxylic acids is 1. The third-order valence-electron chi connectivity index (χ3n) is 1.27. The number of carboxylic acid groups (broad SMARTS) is 1. The summed E-state index contributed by atoms with van der Waals surface area (Å²) in [6.45, 7) is 6.92. The Morgan fingerprint density at radius 2 is 1.93 bits per heavy atom. The molecule has 0 aromatic carbocycles. The van der Waals surface area contributed by atoms with Crippen molar-refractivity contribution in [3.8, 4) is 0 Å². The Morgan fingerprint density at radius 1 is 1.40 bits per heavy atom. The summed E-state index contributed by atoms with van der Waals surface area (Å²) in [4.78, 5) is 21.4. The molecule has 0 bridgehead atoms. The van der Waals surface area contributed by atoms with Gasteiger partial charge < -0.3 is 15.2 Å². The highest BCUT2D eigenvalue weighted by molar-refractivity contribution is 5.80. The molecule has 0 aromatic rings. The zero-order chi connectivity index (χ0) is 12.1. The number of carboxylic acids is 1. The molecule has 0 aliphatic rings. The highest BCUT2D eigenvalue weighted by Crippen LogP contribution is 2.06. The molecule has 0 rings (SSSR count). The Hall–Kier alpha value is -1.52. The zero-order valence-electron chi connectivity index (χ0n) is 9.40. The summed E-state index contributed by atoms with van der Waals surface area (Å²) in [6, 6.07) is -0.379. The number of carbonyl (C=O) groups is 2. The van der Waals surface area contributed by atoms with E-state index in [4.69, 9.17) is 9.84 Å². The smallest absolute Gasteiger partial charge is 0.408 e. The quantitative estimate of drug-likeness (QED) is 0.700. The van der Waals surface area contributed by atoms with Crippen LogP contribution in [0.4, 0.5) is 4.79 Å². The zero-order valence-corrected chi connectivity index (χ0v) is 9.40. The second kappa shape index (κ2) is 5.38. The fourth-order valence-corrected chi connectivity index (χ4v) is 0.768. The molecular weight excluding hydrogens is 198 g/mol. The molecule has 0 fully saturated rings. The second-order valence-corrected chi connectivity index (χ2v) is 4.13. The van der Waals surface area contributed by atoms with Gasteiger partial charge in [0.1, 0.15) is 5.60 Å². The van der Waals surface area contributed by atoms with E-state index in [9.17, 15) is 9.59 Å².